The van der Waals surface area contributed by atoms with E-state index in [1.807, 2.05) is 24.3 Å². The van der Waals surface area contributed by atoms with Gasteiger partial charge in [0.1, 0.15) is 23.1 Å². The molecule has 0 saturated carbocycles. The molecule has 114 valence electrons. The minimum atomic E-state index is 0.358. The van der Waals surface area contributed by atoms with Gasteiger partial charge in [-0.05, 0) is 30.7 Å². The number of rotatable bonds is 6. The van der Waals surface area contributed by atoms with Gasteiger partial charge >= 0.3 is 0 Å². The maximum Gasteiger partial charge on any atom is 0.131 e. The second kappa shape index (κ2) is 6.66. The fourth-order valence-electron chi connectivity index (χ4n) is 2.44. The summed E-state index contributed by atoms with van der Waals surface area (Å²) in [6.07, 6.45) is 2.26. The Kier molecular flexibility index (Phi) is 4.89. The number of nitrogens with zero attached hydrogens (tertiary/aromatic N) is 2. The Labute approximate surface area is 127 Å². The summed E-state index contributed by atoms with van der Waals surface area (Å²) in [5.74, 6) is 3.02. The van der Waals surface area contributed by atoms with Crippen LogP contribution in [0.2, 0.25) is 0 Å². The molecule has 0 saturated heterocycles. The first kappa shape index (κ1) is 15.4. The average molecular weight is 287 g/mol. The van der Waals surface area contributed by atoms with Gasteiger partial charge in [0, 0.05) is 18.0 Å². The van der Waals surface area contributed by atoms with Crippen LogP contribution < -0.4 is 10.5 Å². The summed E-state index contributed by atoms with van der Waals surface area (Å²) in [6, 6.07) is 7.89. The number of aromatic nitrogens is 2. The number of methoxy groups -OCH3 is 1. The molecule has 0 atom stereocenters. The number of hydrogen-bond acceptors (Lipinski definition) is 3. The van der Waals surface area contributed by atoms with E-state index in [4.69, 9.17) is 15.5 Å². The largest absolute Gasteiger partial charge is 0.497 e. The van der Waals surface area contributed by atoms with Crippen molar-refractivity contribution in [2.45, 2.75) is 46.1 Å². The number of unbranched alkanes of at least 4 members (excludes halogenated alkanes) is 1. The van der Waals surface area contributed by atoms with Gasteiger partial charge in [-0.15, -0.1) is 0 Å². The zero-order valence-corrected chi connectivity index (χ0v) is 13.4. The molecule has 4 heteroatoms. The number of imidazole rings is 1. The molecule has 2 rings (SSSR count). The zero-order chi connectivity index (χ0) is 15.4. The van der Waals surface area contributed by atoms with Gasteiger partial charge in [-0.1, -0.05) is 27.2 Å². The molecule has 0 unspecified atom stereocenters. The van der Waals surface area contributed by atoms with E-state index in [0.29, 0.717) is 5.92 Å². The Morgan fingerprint density at radius 2 is 1.90 bits per heavy atom. The molecule has 1 aromatic heterocycles. The fourth-order valence-corrected chi connectivity index (χ4v) is 2.44. The second-order valence-corrected chi connectivity index (χ2v) is 5.59. The van der Waals surface area contributed by atoms with Crippen LogP contribution in [0.15, 0.2) is 24.3 Å². The maximum absolute atomic E-state index is 6.35. The van der Waals surface area contributed by atoms with Crippen LogP contribution in [0.25, 0.3) is 11.3 Å². The lowest BCUT2D eigenvalue weighted by Gasteiger charge is -2.11. The molecule has 0 radical (unpaired) electrons. The molecule has 0 amide bonds. The molecule has 2 N–H and O–H groups in total. The highest BCUT2D eigenvalue weighted by molar-refractivity contribution is 5.71. The van der Waals surface area contributed by atoms with Crippen molar-refractivity contribution in [2.75, 3.05) is 12.8 Å². The van der Waals surface area contributed by atoms with Crippen LogP contribution in [0.4, 0.5) is 5.82 Å². The summed E-state index contributed by atoms with van der Waals surface area (Å²) in [5.41, 5.74) is 8.26. The van der Waals surface area contributed by atoms with Crippen LogP contribution in [-0.2, 0) is 6.54 Å². The maximum atomic E-state index is 6.35. The Balaban J connectivity index is 2.43. The molecule has 2 aromatic rings. The van der Waals surface area contributed by atoms with Crippen molar-refractivity contribution in [3.63, 3.8) is 0 Å². The highest BCUT2D eigenvalue weighted by Gasteiger charge is 2.17. The number of benzene rings is 1. The van der Waals surface area contributed by atoms with Gasteiger partial charge in [0.25, 0.3) is 0 Å². The van der Waals surface area contributed by atoms with E-state index < -0.39 is 0 Å². The number of hydrogen-bond donors (Lipinski definition) is 1. The predicted octanol–water partition coefficient (Wildman–Crippen LogP) is 4.06. The lowest BCUT2D eigenvalue weighted by Crippen LogP contribution is -2.08. The Hall–Kier alpha value is -1.97. The molecule has 0 aliphatic rings. The van der Waals surface area contributed by atoms with Gasteiger partial charge in [0.05, 0.1) is 7.11 Å². The van der Waals surface area contributed by atoms with Crippen LogP contribution in [0, 0.1) is 0 Å². The van der Waals surface area contributed by atoms with E-state index >= 15 is 0 Å². The summed E-state index contributed by atoms with van der Waals surface area (Å²) >= 11 is 0. The quantitative estimate of drug-likeness (QED) is 0.871. The van der Waals surface area contributed by atoms with Crippen molar-refractivity contribution >= 4 is 5.82 Å². The number of nitrogens with two attached hydrogens (primary N) is 1. The molecular formula is C17H25N3O. The van der Waals surface area contributed by atoms with Crippen molar-refractivity contribution in [2.24, 2.45) is 0 Å². The molecule has 4 nitrogen and oxygen atoms in total. The van der Waals surface area contributed by atoms with E-state index in [9.17, 15) is 0 Å². The van der Waals surface area contributed by atoms with Gasteiger partial charge in [-0.3, -0.25) is 0 Å². The van der Waals surface area contributed by atoms with Crippen molar-refractivity contribution in [3.8, 4) is 17.0 Å². The van der Waals surface area contributed by atoms with Gasteiger partial charge in [-0.25, -0.2) is 4.98 Å². The molecule has 1 aromatic carbocycles. The van der Waals surface area contributed by atoms with Crippen molar-refractivity contribution in [1.82, 2.24) is 9.55 Å². The summed E-state index contributed by atoms with van der Waals surface area (Å²) in [6.45, 7) is 7.43. The summed E-state index contributed by atoms with van der Waals surface area (Å²) < 4.78 is 7.36. The lowest BCUT2D eigenvalue weighted by molar-refractivity contribution is 0.415. The van der Waals surface area contributed by atoms with Crippen molar-refractivity contribution in [1.29, 1.82) is 0 Å². The molecule has 0 aliphatic carbocycles. The zero-order valence-electron chi connectivity index (χ0n) is 13.4. The number of nitrogen functional groups attached to an aromatic ring is 1. The van der Waals surface area contributed by atoms with E-state index in [1.165, 1.54) is 0 Å². The summed E-state index contributed by atoms with van der Waals surface area (Å²) in [5, 5.41) is 0. The monoisotopic (exact) mass is 287 g/mol. The van der Waals surface area contributed by atoms with Crippen LogP contribution in [0.3, 0.4) is 0 Å². The highest BCUT2D eigenvalue weighted by Crippen LogP contribution is 2.30. The number of anilines is 1. The van der Waals surface area contributed by atoms with E-state index in [1.54, 1.807) is 7.11 Å². The smallest absolute Gasteiger partial charge is 0.131 e. The van der Waals surface area contributed by atoms with E-state index in [0.717, 1.165) is 48.0 Å². The SMILES string of the molecule is CCCCn1c(C(C)C)nc(-c2ccc(OC)cc2)c1N. The second-order valence-electron chi connectivity index (χ2n) is 5.59. The third-order valence-electron chi connectivity index (χ3n) is 3.65. The third kappa shape index (κ3) is 3.20. The van der Waals surface area contributed by atoms with Gasteiger partial charge < -0.3 is 15.0 Å². The molecule has 1 heterocycles. The molecule has 0 bridgehead atoms. The first-order valence-corrected chi connectivity index (χ1v) is 7.58. The Morgan fingerprint density at radius 3 is 2.43 bits per heavy atom. The van der Waals surface area contributed by atoms with E-state index in [-0.39, 0.29) is 0 Å². The Bertz CT molecular complexity index is 585. The van der Waals surface area contributed by atoms with Crippen LogP contribution in [-0.4, -0.2) is 16.7 Å². The topological polar surface area (TPSA) is 53.1 Å². The summed E-state index contributed by atoms with van der Waals surface area (Å²) in [4.78, 5) is 4.79. The average Bonchev–Trinajstić information content (AvgIpc) is 2.82. The van der Waals surface area contributed by atoms with Gasteiger partial charge in [0.15, 0.2) is 0 Å². The fraction of sp³-hybridized carbons (Fsp3) is 0.471. The van der Waals surface area contributed by atoms with Crippen LogP contribution >= 0.6 is 0 Å². The van der Waals surface area contributed by atoms with E-state index in [2.05, 4.69) is 25.3 Å². The lowest BCUT2D eigenvalue weighted by atomic mass is 10.1. The highest BCUT2D eigenvalue weighted by atomic mass is 16.5. The molecule has 21 heavy (non-hydrogen) atoms. The van der Waals surface area contributed by atoms with Crippen LogP contribution in [0.5, 0.6) is 5.75 Å². The first-order chi connectivity index (χ1) is 10.1. The minimum absolute atomic E-state index is 0.358. The van der Waals surface area contributed by atoms with Crippen molar-refractivity contribution in [3.05, 3.63) is 30.1 Å². The van der Waals surface area contributed by atoms with Gasteiger partial charge in [-0.2, -0.15) is 0 Å². The van der Waals surface area contributed by atoms with Gasteiger partial charge in [0.2, 0.25) is 0 Å². The molecule has 0 aliphatic heterocycles. The normalized spacial score (nSPS) is 11.1. The standard InChI is InChI=1S/C17H25N3O/c1-5-6-11-20-16(18)15(19-17(20)12(2)3)13-7-9-14(21-4)10-8-13/h7-10,12H,5-6,11,18H2,1-4H3. The summed E-state index contributed by atoms with van der Waals surface area (Å²) in [7, 11) is 1.67. The molecule has 0 fully saturated rings. The predicted molar refractivity (Wildman–Crippen MR) is 87.6 cm³/mol. The number of ether oxygens (including phenoxy) is 1. The Morgan fingerprint density at radius 1 is 1.24 bits per heavy atom. The first-order valence-electron chi connectivity index (χ1n) is 7.58. The van der Waals surface area contributed by atoms with Crippen LogP contribution in [0.1, 0.15) is 45.4 Å². The van der Waals surface area contributed by atoms with Crippen molar-refractivity contribution < 1.29 is 4.74 Å². The molecular weight excluding hydrogens is 262 g/mol. The minimum Gasteiger partial charge on any atom is -0.497 e. The molecule has 0 spiro atoms. The third-order valence-corrected chi connectivity index (χ3v) is 3.65.